The molecule has 3 nitrogen and oxygen atoms in total. The van der Waals surface area contributed by atoms with Crippen LogP contribution in [-0.4, -0.2) is 13.1 Å². The van der Waals surface area contributed by atoms with Crippen LogP contribution in [0, 0.1) is 34.5 Å². The van der Waals surface area contributed by atoms with Crippen LogP contribution in [0.3, 0.4) is 0 Å². The summed E-state index contributed by atoms with van der Waals surface area (Å²) in [6.07, 6.45) is 14.1. The Morgan fingerprint density at radius 1 is 0.938 bits per heavy atom. The number of carbonyl (C=O) groups is 1. The number of esters is 1. The normalized spacial score (nSPS) is 27.2. The second-order valence-electron chi connectivity index (χ2n) is 8.30. The smallest absolute Gasteiger partial charge is 0.331 e. The van der Waals surface area contributed by atoms with Gasteiger partial charge in [0.15, 0.2) is 5.41 Å². The maximum absolute atomic E-state index is 13.1. The number of rotatable bonds is 3. The Morgan fingerprint density at radius 3 is 2.19 bits per heavy atom. The van der Waals surface area contributed by atoms with Crippen LogP contribution in [0.4, 0.5) is 0 Å². The van der Waals surface area contributed by atoms with Gasteiger partial charge in [-0.1, -0.05) is 103 Å². The van der Waals surface area contributed by atoms with E-state index in [-0.39, 0.29) is 17.8 Å². The van der Waals surface area contributed by atoms with Crippen LogP contribution < -0.4 is 0 Å². The molecule has 0 unspecified atom stereocenters. The topological polar surface area (TPSA) is 50.1 Å². The first-order chi connectivity index (χ1) is 15.7. The largest absolute Gasteiger partial charge is 0.468 e. The van der Waals surface area contributed by atoms with Gasteiger partial charge in [-0.3, -0.25) is 0 Å². The number of hydrogen-bond acceptors (Lipinski definition) is 3. The maximum atomic E-state index is 13.1. The molecule has 3 aliphatic rings. The zero-order valence-corrected chi connectivity index (χ0v) is 17.8. The highest BCUT2D eigenvalue weighted by molar-refractivity contribution is 5.90. The summed E-state index contributed by atoms with van der Waals surface area (Å²) in [6, 6.07) is 23.0. The molecule has 156 valence electrons. The van der Waals surface area contributed by atoms with E-state index in [2.05, 4.69) is 42.5 Å². The lowest BCUT2D eigenvalue weighted by Gasteiger charge is -2.25. The highest BCUT2D eigenvalue weighted by Gasteiger charge is 2.63. The molecule has 0 aliphatic heterocycles. The van der Waals surface area contributed by atoms with Crippen molar-refractivity contribution in [2.75, 3.05) is 7.11 Å². The molecule has 1 saturated carbocycles. The van der Waals surface area contributed by atoms with E-state index in [4.69, 9.17) is 4.74 Å². The van der Waals surface area contributed by atoms with E-state index in [0.717, 1.165) is 27.8 Å². The first-order valence-corrected chi connectivity index (χ1v) is 10.8. The quantitative estimate of drug-likeness (QED) is 0.606. The average molecular weight is 418 g/mol. The van der Waals surface area contributed by atoms with Crippen LogP contribution in [0.25, 0.3) is 5.57 Å². The Morgan fingerprint density at radius 2 is 1.59 bits per heavy atom. The van der Waals surface area contributed by atoms with Gasteiger partial charge in [-0.25, -0.2) is 4.79 Å². The van der Waals surface area contributed by atoms with E-state index in [1.54, 1.807) is 0 Å². The second kappa shape index (κ2) is 7.98. The van der Waals surface area contributed by atoms with Crippen molar-refractivity contribution in [2.24, 2.45) is 23.2 Å². The number of allylic oxidation sites excluding steroid dienone is 8. The van der Waals surface area contributed by atoms with Crippen molar-refractivity contribution in [3.63, 3.8) is 0 Å². The summed E-state index contributed by atoms with van der Waals surface area (Å²) in [5.74, 6) is -0.878. The maximum Gasteiger partial charge on any atom is 0.331 e. The van der Waals surface area contributed by atoms with Crippen LogP contribution in [0.5, 0.6) is 0 Å². The Kier molecular flexibility index (Phi) is 4.99. The lowest BCUT2D eigenvalue weighted by molar-refractivity contribution is -0.148. The van der Waals surface area contributed by atoms with Gasteiger partial charge in [-0.2, -0.15) is 5.26 Å². The first kappa shape index (κ1) is 20.0. The Balaban J connectivity index is 1.78. The second-order valence-corrected chi connectivity index (χ2v) is 8.30. The van der Waals surface area contributed by atoms with Gasteiger partial charge >= 0.3 is 5.97 Å². The fourth-order valence-corrected chi connectivity index (χ4v) is 5.54. The number of fused-ring (bicyclic) bond motifs is 3. The van der Waals surface area contributed by atoms with Gasteiger partial charge in [0.05, 0.1) is 13.2 Å². The molecule has 0 aromatic heterocycles. The summed E-state index contributed by atoms with van der Waals surface area (Å²) in [4.78, 5) is 13.1. The fourth-order valence-electron chi connectivity index (χ4n) is 5.54. The minimum atomic E-state index is -1.33. The number of nitriles is 1. The van der Waals surface area contributed by atoms with Crippen LogP contribution in [0.15, 0.2) is 114 Å². The minimum absolute atomic E-state index is 0.0356. The van der Waals surface area contributed by atoms with E-state index >= 15 is 0 Å². The predicted octanol–water partition coefficient (Wildman–Crippen LogP) is 5.66. The van der Waals surface area contributed by atoms with Crippen molar-refractivity contribution in [2.45, 2.75) is 0 Å². The van der Waals surface area contributed by atoms with Gasteiger partial charge in [0.2, 0.25) is 0 Å². The Hall–Kier alpha value is -3.90. The summed E-state index contributed by atoms with van der Waals surface area (Å²) in [5, 5.41) is 10.4. The lowest BCUT2D eigenvalue weighted by atomic mass is 9.75. The van der Waals surface area contributed by atoms with Crippen molar-refractivity contribution in [3.8, 4) is 6.07 Å². The van der Waals surface area contributed by atoms with Crippen LogP contribution in [0.1, 0.15) is 11.1 Å². The van der Waals surface area contributed by atoms with E-state index < -0.39 is 11.4 Å². The van der Waals surface area contributed by atoms with Crippen LogP contribution >= 0.6 is 0 Å². The zero-order valence-electron chi connectivity index (χ0n) is 17.8. The third kappa shape index (κ3) is 2.84. The third-order valence-electron chi connectivity index (χ3n) is 6.84. The van der Waals surface area contributed by atoms with Gasteiger partial charge < -0.3 is 4.74 Å². The zero-order chi connectivity index (χ0) is 22.1. The molecular formula is C29H23NO2. The van der Waals surface area contributed by atoms with E-state index in [9.17, 15) is 10.1 Å². The molecule has 0 spiro atoms. The standard InChI is InChI=1S/C29H23NO2/c1-32-28(31)29(19-30)24-16-10-4-9-15-22(24)27-23(17-18-25(27)29)26(20-11-5-2-6-12-20)21-13-7-3-8-14-21/h2-18,22,25,27H,1H3/t22-,25-,27+,29-/m1/s1. The van der Waals surface area contributed by atoms with Gasteiger partial charge in [-0.15, -0.1) is 0 Å². The molecule has 0 bridgehead atoms. The van der Waals surface area contributed by atoms with Crippen molar-refractivity contribution in [3.05, 3.63) is 125 Å². The molecule has 0 heterocycles. The molecule has 5 rings (SSSR count). The van der Waals surface area contributed by atoms with Crippen molar-refractivity contribution in [1.29, 1.82) is 5.26 Å². The summed E-state index contributed by atoms with van der Waals surface area (Å²) < 4.78 is 5.19. The molecule has 0 amide bonds. The summed E-state index contributed by atoms with van der Waals surface area (Å²) in [7, 11) is 1.36. The number of hydrogen-bond donors (Lipinski definition) is 0. The molecule has 3 heteroatoms. The van der Waals surface area contributed by atoms with Gasteiger partial charge in [0.1, 0.15) is 0 Å². The van der Waals surface area contributed by atoms with E-state index in [1.165, 1.54) is 7.11 Å². The SMILES string of the molecule is COC(=O)[C@]1(C#N)C2=CC=CC=C[C@H]2[C@H]2C(=C(c3ccccc3)c3ccccc3)C=C[C@H]21. The molecular weight excluding hydrogens is 394 g/mol. The number of carbonyl (C=O) groups excluding carboxylic acids is 1. The Labute approximate surface area is 188 Å². The molecule has 4 atom stereocenters. The van der Waals surface area contributed by atoms with Crippen LogP contribution in [-0.2, 0) is 9.53 Å². The van der Waals surface area contributed by atoms with Crippen LogP contribution in [0.2, 0.25) is 0 Å². The molecule has 2 aromatic carbocycles. The van der Waals surface area contributed by atoms with E-state index in [1.807, 2.05) is 66.8 Å². The first-order valence-electron chi connectivity index (χ1n) is 10.8. The van der Waals surface area contributed by atoms with Gasteiger partial charge in [-0.05, 0) is 27.8 Å². The van der Waals surface area contributed by atoms with Gasteiger partial charge in [0.25, 0.3) is 0 Å². The lowest BCUT2D eigenvalue weighted by Crippen LogP contribution is -2.36. The summed E-state index contributed by atoms with van der Waals surface area (Å²) in [5.41, 5.74) is 4.00. The monoisotopic (exact) mass is 417 g/mol. The number of methoxy groups -OCH3 is 1. The number of benzene rings is 2. The van der Waals surface area contributed by atoms with Crippen molar-refractivity contribution in [1.82, 2.24) is 0 Å². The molecule has 0 N–H and O–H groups in total. The van der Waals surface area contributed by atoms with Crippen molar-refractivity contribution < 1.29 is 9.53 Å². The molecule has 0 saturated heterocycles. The highest BCUT2D eigenvalue weighted by atomic mass is 16.5. The molecule has 0 radical (unpaired) electrons. The van der Waals surface area contributed by atoms with Gasteiger partial charge in [0, 0.05) is 17.8 Å². The predicted molar refractivity (Wildman–Crippen MR) is 125 cm³/mol. The highest BCUT2D eigenvalue weighted by Crippen LogP contribution is 2.62. The average Bonchev–Trinajstić information content (AvgIpc) is 3.27. The minimum Gasteiger partial charge on any atom is -0.468 e. The molecule has 3 aliphatic carbocycles. The van der Waals surface area contributed by atoms with E-state index in [0.29, 0.717) is 0 Å². The summed E-state index contributed by atoms with van der Waals surface area (Å²) >= 11 is 0. The molecule has 2 aromatic rings. The van der Waals surface area contributed by atoms with Crippen molar-refractivity contribution >= 4 is 11.5 Å². The Bertz CT molecular complexity index is 1200. The molecule has 32 heavy (non-hydrogen) atoms. The number of nitrogens with zero attached hydrogens (tertiary/aromatic N) is 1. The number of ether oxygens (including phenoxy) is 1. The molecule has 1 fully saturated rings. The summed E-state index contributed by atoms with van der Waals surface area (Å²) in [6.45, 7) is 0. The third-order valence-corrected chi connectivity index (χ3v) is 6.84. The fraction of sp³-hybridized carbons (Fsp3) is 0.172.